The minimum atomic E-state index is -0.561. The van der Waals surface area contributed by atoms with Gasteiger partial charge in [-0.25, -0.2) is 4.79 Å². The van der Waals surface area contributed by atoms with Crippen molar-refractivity contribution in [3.63, 3.8) is 0 Å². The van der Waals surface area contributed by atoms with Gasteiger partial charge < -0.3 is 15.5 Å². The maximum Gasteiger partial charge on any atom is 0.321 e. The number of imide groups is 1. The number of hydrogen-bond donors (Lipinski definition) is 3. The minimum absolute atomic E-state index is 0.193. The minimum Gasteiger partial charge on any atom is -0.374 e. The van der Waals surface area contributed by atoms with E-state index in [4.69, 9.17) is 0 Å². The van der Waals surface area contributed by atoms with Crippen molar-refractivity contribution in [1.82, 2.24) is 15.5 Å². The summed E-state index contributed by atoms with van der Waals surface area (Å²) in [6.45, 7) is 3.05. The zero-order valence-corrected chi connectivity index (χ0v) is 14.1. The van der Waals surface area contributed by atoms with Crippen LogP contribution in [0.25, 0.3) is 0 Å². The summed E-state index contributed by atoms with van der Waals surface area (Å²) in [5, 5.41) is 7.63. The molecule has 1 aliphatic heterocycles. The van der Waals surface area contributed by atoms with Gasteiger partial charge in [-0.3, -0.25) is 14.9 Å². The van der Waals surface area contributed by atoms with Gasteiger partial charge in [-0.05, 0) is 37.5 Å². The number of amides is 4. The van der Waals surface area contributed by atoms with Crippen molar-refractivity contribution in [3.8, 4) is 0 Å². The number of anilines is 1. The van der Waals surface area contributed by atoms with Gasteiger partial charge in [0.2, 0.25) is 11.8 Å². The van der Waals surface area contributed by atoms with Crippen molar-refractivity contribution in [2.24, 2.45) is 0 Å². The van der Waals surface area contributed by atoms with Crippen LogP contribution >= 0.6 is 0 Å². The Bertz CT molecular complexity index is 618. The Morgan fingerprint density at radius 2 is 2.08 bits per heavy atom. The first-order chi connectivity index (χ1) is 11.5. The molecular weight excluding hydrogens is 308 g/mol. The van der Waals surface area contributed by atoms with Gasteiger partial charge >= 0.3 is 6.03 Å². The van der Waals surface area contributed by atoms with Crippen LogP contribution in [0.15, 0.2) is 24.3 Å². The zero-order valence-electron chi connectivity index (χ0n) is 14.1. The van der Waals surface area contributed by atoms with Crippen LogP contribution in [0.2, 0.25) is 0 Å². The largest absolute Gasteiger partial charge is 0.374 e. The molecule has 7 nitrogen and oxygen atoms in total. The first-order valence-electron chi connectivity index (χ1n) is 8.15. The van der Waals surface area contributed by atoms with Crippen LogP contribution < -0.4 is 16.0 Å². The highest BCUT2D eigenvalue weighted by atomic mass is 16.2. The zero-order chi connectivity index (χ0) is 17.5. The molecule has 2 rings (SSSR count). The van der Waals surface area contributed by atoms with Crippen molar-refractivity contribution < 1.29 is 14.4 Å². The maximum atomic E-state index is 11.9. The molecular formula is C17H24N4O3. The van der Waals surface area contributed by atoms with Gasteiger partial charge in [-0.2, -0.15) is 0 Å². The Hall–Kier alpha value is -2.57. The molecule has 0 bridgehead atoms. The number of urea groups is 1. The number of nitrogens with one attached hydrogen (secondary N) is 3. The van der Waals surface area contributed by atoms with Gasteiger partial charge in [0.1, 0.15) is 6.04 Å². The van der Waals surface area contributed by atoms with E-state index >= 15 is 0 Å². The quantitative estimate of drug-likeness (QED) is 0.761. The van der Waals surface area contributed by atoms with Crippen LogP contribution in [0.5, 0.6) is 0 Å². The van der Waals surface area contributed by atoms with Gasteiger partial charge in [-0.1, -0.05) is 12.1 Å². The number of carbonyl (C=O) groups excluding carboxylic acids is 3. The molecule has 1 aromatic carbocycles. The maximum absolute atomic E-state index is 11.9. The second-order valence-corrected chi connectivity index (χ2v) is 5.91. The van der Waals surface area contributed by atoms with E-state index in [0.29, 0.717) is 13.0 Å². The number of hydrogen-bond acceptors (Lipinski definition) is 4. The van der Waals surface area contributed by atoms with Crippen molar-refractivity contribution in [2.75, 3.05) is 18.9 Å². The molecule has 0 aliphatic carbocycles. The number of benzene rings is 1. The monoisotopic (exact) mass is 332 g/mol. The highest BCUT2D eigenvalue weighted by Crippen LogP contribution is 2.17. The first kappa shape index (κ1) is 17.8. The van der Waals surface area contributed by atoms with E-state index in [2.05, 4.69) is 16.0 Å². The molecule has 0 aromatic heterocycles. The van der Waals surface area contributed by atoms with Gasteiger partial charge in [0.05, 0.1) is 0 Å². The van der Waals surface area contributed by atoms with Crippen LogP contribution in [-0.2, 0) is 16.1 Å². The van der Waals surface area contributed by atoms with Crippen molar-refractivity contribution in [3.05, 3.63) is 29.8 Å². The average Bonchev–Trinajstić information content (AvgIpc) is 2.57. The van der Waals surface area contributed by atoms with E-state index in [1.807, 2.05) is 29.2 Å². The van der Waals surface area contributed by atoms with Crippen molar-refractivity contribution in [2.45, 2.75) is 38.8 Å². The molecule has 0 spiro atoms. The molecule has 1 atom stereocenters. The van der Waals surface area contributed by atoms with Crippen LogP contribution in [0, 0.1) is 0 Å². The second kappa shape index (κ2) is 8.33. The van der Waals surface area contributed by atoms with Crippen LogP contribution in [0.4, 0.5) is 10.5 Å². The van der Waals surface area contributed by atoms with E-state index < -0.39 is 18.0 Å². The third-order valence-corrected chi connectivity index (χ3v) is 3.96. The lowest BCUT2D eigenvalue weighted by atomic mass is 10.1. The van der Waals surface area contributed by atoms with Gasteiger partial charge in [0, 0.05) is 32.2 Å². The Balaban J connectivity index is 1.95. The Kier molecular flexibility index (Phi) is 6.17. The third-order valence-electron chi connectivity index (χ3n) is 3.96. The summed E-state index contributed by atoms with van der Waals surface area (Å²) in [5.41, 5.74) is 1.78. The smallest absolute Gasteiger partial charge is 0.321 e. The lowest BCUT2D eigenvalue weighted by Gasteiger charge is -2.27. The lowest BCUT2D eigenvalue weighted by Crippen LogP contribution is -2.44. The molecule has 0 radical (unpaired) electrons. The van der Waals surface area contributed by atoms with Gasteiger partial charge in [-0.15, -0.1) is 0 Å². The topological polar surface area (TPSA) is 90.5 Å². The molecule has 1 fully saturated rings. The number of nitrogens with zero attached hydrogens (tertiary/aromatic N) is 1. The fourth-order valence-electron chi connectivity index (χ4n) is 2.61. The van der Waals surface area contributed by atoms with Crippen molar-refractivity contribution >= 4 is 23.5 Å². The summed E-state index contributed by atoms with van der Waals surface area (Å²) in [4.78, 5) is 36.8. The number of rotatable bonds is 5. The summed E-state index contributed by atoms with van der Waals surface area (Å²) >= 11 is 0. The number of likely N-dealkylation sites (tertiary alicyclic amines) is 1. The standard InChI is InChI=1S/C17H24N4O3/c1-12(16(23)20-17(24)18-2)19-14-7-5-6-13(10-14)11-21-9-4-3-8-15(21)22/h5-7,10,12,19H,3-4,8-9,11H2,1-2H3,(H2,18,20,23,24)/t12-/m1/s1. The predicted molar refractivity (Wildman–Crippen MR) is 91.4 cm³/mol. The van der Waals surface area contributed by atoms with Crippen LogP contribution in [-0.4, -0.2) is 42.4 Å². The molecule has 3 N–H and O–H groups in total. The molecule has 4 amide bonds. The molecule has 1 heterocycles. The number of piperidine rings is 1. The molecule has 0 unspecified atom stereocenters. The molecule has 130 valence electrons. The molecule has 1 aliphatic rings. The number of carbonyl (C=O) groups is 3. The highest BCUT2D eigenvalue weighted by Gasteiger charge is 2.18. The second-order valence-electron chi connectivity index (χ2n) is 5.91. The van der Waals surface area contributed by atoms with Crippen LogP contribution in [0.1, 0.15) is 31.7 Å². The van der Waals surface area contributed by atoms with E-state index in [9.17, 15) is 14.4 Å². The summed E-state index contributed by atoms with van der Waals surface area (Å²) in [6.07, 6.45) is 2.63. The Morgan fingerprint density at radius 1 is 1.29 bits per heavy atom. The molecule has 24 heavy (non-hydrogen) atoms. The predicted octanol–water partition coefficient (Wildman–Crippen LogP) is 1.46. The highest BCUT2D eigenvalue weighted by molar-refractivity contribution is 5.97. The lowest BCUT2D eigenvalue weighted by molar-refractivity contribution is -0.133. The van der Waals surface area contributed by atoms with Gasteiger partial charge in [0.25, 0.3) is 0 Å². The normalized spacial score (nSPS) is 15.6. The van der Waals surface area contributed by atoms with E-state index in [0.717, 1.165) is 30.6 Å². The first-order valence-corrected chi connectivity index (χ1v) is 8.15. The Labute approximate surface area is 141 Å². The molecule has 1 saturated heterocycles. The third kappa shape index (κ3) is 4.97. The fraction of sp³-hybridized carbons (Fsp3) is 0.471. The van der Waals surface area contributed by atoms with E-state index in [1.165, 1.54) is 7.05 Å². The van der Waals surface area contributed by atoms with E-state index in [1.54, 1.807) is 6.92 Å². The summed E-state index contributed by atoms with van der Waals surface area (Å²) in [6, 6.07) is 6.52. The fourth-order valence-corrected chi connectivity index (χ4v) is 2.61. The van der Waals surface area contributed by atoms with Gasteiger partial charge in [0.15, 0.2) is 0 Å². The average molecular weight is 332 g/mol. The summed E-state index contributed by atoms with van der Waals surface area (Å²) in [7, 11) is 1.45. The van der Waals surface area contributed by atoms with E-state index in [-0.39, 0.29) is 5.91 Å². The van der Waals surface area contributed by atoms with Crippen molar-refractivity contribution in [1.29, 1.82) is 0 Å². The SMILES string of the molecule is CNC(=O)NC(=O)[C@@H](C)Nc1cccc(CN2CCCCC2=O)c1. The Morgan fingerprint density at radius 3 is 2.79 bits per heavy atom. The molecule has 0 saturated carbocycles. The van der Waals surface area contributed by atoms with Crippen LogP contribution in [0.3, 0.4) is 0 Å². The molecule has 1 aromatic rings. The molecule has 7 heteroatoms. The summed E-state index contributed by atoms with van der Waals surface area (Å²) < 4.78 is 0. The summed E-state index contributed by atoms with van der Waals surface area (Å²) in [5.74, 6) is -0.219.